The van der Waals surface area contributed by atoms with Crippen molar-refractivity contribution in [3.05, 3.63) is 76.1 Å². The number of carboxylic acids is 1. The number of hydrogen-bond donors (Lipinski definition) is 2. The Kier molecular flexibility index (Phi) is 7.06. The van der Waals surface area contributed by atoms with E-state index in [-0.39, 0.29) is 28.0 Å². The van der Waals surface area contributed by atoms with Gasteiger partial charge in [0.05, 0.1) is 11.1 Å². The summed E-state index contributed by atoms with van der Waals surface area (Å²) in [6.07, 6.45) is 0. The van der Waals surface area contributed by atoms with Crippen LogP contribution in [0.5, 0.6) is 0 Å². The number of rotatable bonds is 6. The van der Waals surface area contributed by atoms with E-state index < -0.39 is 29.0 Å². The summed E-state index contributed by atoms with van der Waals surface area (Å²) in [7, 11) is 2.16. The van der Waals surface area contributed by atoms with Crippen molar-refractivity contribution in [2.24, 2.45) is 0 Å². The molecule has 2 N–H and O–H groups in total. The maximum Gasteiger partial charge on any atom is 0.335 e. The molecular formula is C25H25F3NO2P. The number of hydrogen-bond acceptors (Lipinski definition) is 2. The Bertz CT molecular complexity index is 1180. The maximum atomic E-state index is 15.4. The highest BCUT2D eigenvalue weighted by atomic mass is 31.0. The molecule has 0 radical (unpaired) electrons. The van der Waals surface area contributed by atoms with Crippen LogP contribution < -0.4 is 10.6 Å². The quantitative estimate of drug-likeness (QED) is 0.365. The smallest absolute Gasteiger partial charge is 0.335 e. The van der Waals surface area contributed by atoms with Crippen LogP contribution in [-0.4, -0.2) is 17.1 Å². The number of halogens is 3. The topological polar surface area (TPSA) is 49.3 Å². The molecule has 3 rings (SSSR count). The minimum atomic E-state index is -1.35. The van der Waals surface area contributed by atoms with Gasteiger partial charge >= 0.3 is 5.97 Å². The molecule has 0 aromatic heterocycles. The van der Waals surface area contributed by atoms with E-state index in [2.05, 4.69) is 14.6 Å². The van der Waals surface area contributed by atoms with Crippen molar-refractivity contribution in [1.29, 1.82) is 0 Å². The van der Waals surface area contributed by atoms with Crippen LogP contribution in [-0.2, 0) is 6.54 Å². The fourth-order valence-electron chi connectivity index (χ4n) is 3.60. The van der Waals surface area contributed by atoms with Crippen LogP contribution in [0.2, 0.25) is 0 Å². The number of aryl methyl sites for hydroxylation is 1. The first kappa shape index (κ1) is 24.0. The molecule has 3 aromatic rings. The second-order valence-electron chi connectivity index (χ2n) is 8.11. The monoisotopic (exact) mass is 459 g/mol. The number of carbonyl (C=O) groups is 1. The van der Waals surface area contributed by atoms with Crippen molar-refractivity contribution in [2.75, 3.05) is 0 Å². The number of aromatic carboxylic acids is 1. The molecule has 0 aliphatic heterocycles. The molecule has 0 saturated heterocycles. The summed E-state index contributed by atoms with van der Waals surface area (Å²) >= 11 is 0. The third-order valence-electron chi connectivity index (χ3n) is 5.47. The Morgan fingerprint density at radius 3 is 2.28 bits per heavy atom. The predicted octanol–water partition coefficient (Wildman–Crippen LogP) is 5.75. The van der Waals surface area contributed by atoms with Gasteiger partial charge in [-0.2, -0.15) is 0 Å². The van der Waals surface area contributed by atoms with Gasteiger partial charge in [0, 0.05) is 23.5 Å². The summed E-state index contributed by atoms with van der Waals surface area (Å²) in [5, 5.41) is 12.6. The highest BCUT2D eigenvalue weighted by molar-refractivity contribution is 7.28. The largest absolute Gasteiger partial charge is 0.478 e. The molecule has 1 unspecified atom stereocenters. The van der Waals surface area contributed by atoms with E-state index in [1.165, 1.54) is 12.1 Å². The van der Waals surface area contributed by atoms with Crippen molar-refractivity contribution >= 4 is 20.5 Å². The van der Waals surface area contributed by atoms with E-state index in [9.17, 15) is 9.90 Å². The van der Waals surface area contributed by atoms with Crippen LogP contribution in [0.25, 0.3) is 22.3 Å². The van der Waals surface area contributed by atoms with Crippen molar-refractivity contribution in [3.63, 3.8) is 0 Å². The van der Waals surface area contributed by atoms with E-state index in [1.54, 1.807) is 32.0 Å². The number of carboxylic acid groups (broad SMARTS) is 1. The van der Waals surface area contributed by atoms with E-state index in [4.69, 9.17) is 0 Å². The third-order valence-corrected chi connectivity index (χ3v) is 6.02. The molecule has 0 amide bonds. The van der Waals surface area contributed by atoms with Gasteiger partial charge in [0.15, 0.2) is 11.6 Å². The molecule has 3 aromatic carbocycles. The van der Waals surface area contributed by atoms with Gasteiger partial charge in [0.25, 0.3) is 0 Å². The van der Waals surface area contributed by atoms with E-state index >= 15 is 13.2 Å². The first-order valence-electron chi connectivity index (χ1n) is 10.2. The molecule has 0 bridgehead atoms. The van der Waals surface area contributed by atoms with Gasteiger partial charge in [0.1, 0.15) is 5.82 Å². The standard InChI is InChI=1S/C25H25F3NO2P/c1-12(2)29-11-15-6-5-7-16(9-15)20-22(27)21(26)19(23(28)24(20)32)17-8-13(3)14(4)18(10-17)25(30)31/h5-10,12,29H,11,32H2,1-4H3,(H,30,31). The minimum Gasteiger partial charge on any atom is -0.478 e. The summed E-state index contributed by atoms with van der Waals surface area (Å²) in [5.41, 5.74) is 1.36. The molecule has 32 heavy (non-hydrogen) atoms. The molecule has 0 saturated carbocycles. The first-order valence-corrected chi connectivity index (χ1v) is 10.7. The Labute approximate surface area is 187 Å². The number of benzene rings is 3. The lowest BCUT2D eigenvalue weighted by molar-refractivity contribution is 0.0696. The molecule has 0 aliphatic rings. The fraction of sp³-hybridized carbons (Fsp3) is 0.240. The summed E-state index contributed by atoms with van der Waals surface area (Å²) in [6.45, 7) is 7.78. The van der Waals surface area contributed by atoms with Crippen LogP contribution in [0.15, 0.2) is 36.4 Å². The SMILES string of the molecule is Cc1cc(-c2c(F)c(F)c(-c3cccc(CNC(C)C)c3)c(P)c2F)cc(C(=O)O)c1C. The normalized spacial score (nSPS) is 11.3. The van der Waals surface area contributed by atoms with E-state index in [0.29, 0.717) is 23.2 Å². The van der Waals surface area contributed by atoms with Crippen LogP contribution >= 0.6 is 9.24 Å². The third kappa shape index (κ3) is 4.57. The molecule has 1 atom stereocenters. The lowest BCUT2D eigenvalue weighted by atomic mass is 9.93. The fourth-order valence-corrected chi connectivity index (χ4v) is 4.04. The van der Waals surface area contributed by atoms with Crippen LogP contribution in [0.4, 0.5) is 13.2 Å². The van der Waals surface area contributed by atoms with Crippen LogP contribution in [0.3, 0.4) is 0 Å². The second-order valence-corrected chi connectivity index (χ2v) is 8.69. The molecule has 0 fully saturated rings. The van der Waals surface area contributed by atoms with Gasteiger partial charge in [0.2, 0.25) is 0 Å². The van der Waals surface area contributed by atoms with Gasteiger partial charge in [-0.3, -0.25) is 0 Å². The zero-order valence-corrected chi connectivity index (χ0v) is 19.5. The van der Waals surface area contributed by atoms with Crippen molar-refractivity contribution in [1.82, 2.24) is 5.32 Å². The average molecular weight is 459 g/mol. The van der Waals surface area contributed by atoms with E-state index in [1.807, 2.05) is 19.9 Å². The van der Waals surface area contributed by atoms with Gasteiger partial charge in [-0.05, 0) is 53.8 Å². The number of nitrogens with one attached hydrogen (secondary N) is 1. The van der Waals surface area contributed by atoms with Gasteiger partial charge in [-0.1, -0.05) is 38.1 Å². The van der Waals surface area contributed by atoms with Crippen LogP contribution in [0.1, 0.15) is 40.9 Å². The van der Waals surface area contributed by atoms with Crippen LogP contribution in [0, 0.1) is 31.3 Å². The predicted molar refractivity (Wildman–Crippen MR) is 125 cm³/mol. The van der Waals surface area contributed by atoms with Crippen molar-refractivity contribution < 1.29 is 23.1 Å². The maximum absolute atomic E-state index is 15.4. The Morgan fingerprint density at radius 1 is 1.00 bits per heavy atom. The minimum absolute atomic E-state index is 0.0236. The second kappa shape index (κ2) is 9.43. The average Bonchev–Trinajstić information content (AvgIpc) is 2.73. The van der Waals surface area contributed by atoms with Crippen molar-refractivity contribution in [3.8, 4) is 22.3 Å². The highest BCUT2D eigenvalue weighted by Crippen LogP contribution is 2.35. The first-order chi connectivity index (χ1) is 15.0. The molecule has 0 aliphatic carbocycles. The molecule has 0 spiro atoms. The van der Waals surface area contributed by atoms with Crippen molar-refractivity contribution in [2.45, 2.75) is 40.3 Å². The Hall–Kier alpha value is -2.69. The molecular weight excluding hydrogens is 434 g/mol. The van der Waals surface area contributed by atoms with Gasteiger partial charge < -0.3 is 10.4 Å². The summed E-state index contributed by atoms with van der Waals surface area (Å²) in [5.74, 6) is -4.71. The highest BCUT2D eigenvalue weighted by Gasteiger charge is 2.26. The summed E-state index contributed by atoms with van der Waals surface area (Å²) in [4.78, 5) is 11.6. The molecule has 0 heterocycles. The lowest BCUT2D eigenvalue weighted by Crippen LogP contribution is -2.21. The van der Waals surface area contributed by atoms with Gasteiger partial charge in [-0.15, -0.1) is 9.24 Å². The Morgan fingerprint density at radius 2 is 1.66 bits per heavy atom. The zero-order valence-electron chi connectivity index (χ0n) is 18.3. The molecule has 168 valence electrons. The summed E-state index contributed by atoms with van der Waals surface area (Å²) in [6, 6.07) is 9.74. The molecule has 3 nitrogen and oxygen atoms in total. The zero-order chi connectivity index (χ0) is 23.7. The van der Waals surface area contributed by atoms with Gasteiger partial charge in [-0.25, -0.2) is 18.0 Å². The molecule has 7 heteroatoms. The lowest BCUT2D eigenvalue weighted by Gasteiger charge is -2.17. The van der Waals surface area contributed by atoms with E-state index in [0.717, 1.165) is 5.56 Å². The Balaban J connectivity index is 2.19. The summed E-state index contributed by atoms with van der Waals surface area (Å²) < 4.78 is 45.9.